The molecule has 1 fully saturated rings. The normalized spacial score (nSPS) is 14.9. The number of pyridine rings is 1. The molecule has 1 aromatic carbocycles. The van der Waals surface area contributed by atoms with Crippen LogP contribution in [0.15, 0.2) is 42.6 Å². The number of hydrogen-bond donors (Lipinski definition) is 0. The van der Waals surface area contributed by atoms with Crippen molar-refractivity contribution in [2.45, 2.75) is 33.6 Å². The van der Waals surface area contributed by atoms with Crippen molar-refractivity contribution in [1.82, 2.24) is 9.88 Å². The number of piperidine rings is 1. The quantitative estimate of drug-likeness (QED) is 0.825. The minimum absolute atomic E-state index is 0.0878. The third-order valence-corrected chi connectivity index (χ3v) is 5.17. The van der Waals surface area contributed by atoms with Crippen molar-refractivity contribution >= 4 is 17.5 Å². The number of hydrogen-bond acceptors (Lipinski definition) is 3. The molecule has 3 rings (SSSR count). The molecule has 5 nitrogen and oxygen atoms in total. The van der Waals surface area contributed by atoms with E-state index in [4.69, 9.17) is 0 Å². The van der Waals surface area contributed by atoms with Crippen LogP contribution in [-0.2, 0) is 0 Å². The second-order valence-electron chi connectivity index (χ2n) is 7.29. The molecule has 0 N–H and O–H groups in total. The van der Waals surface area contributed by atoms with E-state index in [9.17, 15) is 9.59 Å². The van der Waals surface area contributed by atoms with Crippen molar-refractivity contribution < 1.29 is 9.59 Å². The lowest BCUT2D eigenvalue weighted by Crippen LogP contribution is -2.38. The molecule has 1 saturated heterocycles. The third-order valence-electron chi connectivity index (χ3n) is 5.17. The van der Waals surface area contributed by atoms with Crippen LogP contribution in [-0.4, -0.2) is 41.3 Å². The van der Waals surface area contributed by atoms with Crippen molar-refractivity contribution in [3.63, 3.8) is 0 Å². The van der Waals surface area contributed by atoms with E-state index in [-0.39, 0.29) is 11.8 Å². The van der Waals surface area contributed by atoms with Crippen molar-refractivity contribution in [3.8, 4) is 0 Å². The predicted octanol–water partition coefficient (Wildman–Crippen LogP) is 3.93. The fraction of sp³-hybridized carbons (Fsp3) is 0.409. The first-order valence-corrected chi connectivity index (χ1v) is 9.63. The Hall–Kier alpha value is -2.69. The van der Waals surface area contributed by atoms with Gasteiger partial charge < -0.3 is 9.80 Å². The van der Waals surface area contributed by atoms with E-state index in [1.807, 2.05) is 43.0 Å². The number of aromatic nitrogens is 1. The van der Waals surface area contributed by atoms with Crippen molar-refractivity contribution in [1.29, 1.82) is 0 Å². The summed E-state index contributed by atoms with van der Waals surface area (Å²) in [4.78, 5) is 33.6. The van der Waals surface area contributed by atoms with Crippen LogP contribution in [0.2, 0.25) is 0 Å². The lowest BCUT2D eigenvalue weighted by molar-refractivity contribution is 0.0691. The molecule has 0 bridgehead atoms. The van der Waals surface area contributed by atoms with Crippen LogP contribution in [0.1, 0.15) is 53.1 Å². The van der Waals surface area contributed by atoms with E-state index < -0.39 is 0 Å². The van der Waals surface area contributed by atoms with Gasteiger partial charge in [0, 0.05) is 37.1 Å². The number of benzene rings is 1. The van der Waals surface area contributed by atoms with Gasteiger partial charge in [-0.05, 0) is 62.4 Å². The average Bonchev–Trinajstić information content (AvgIpc) is 2.69. The van der Waals surface area contributed by atoms with Gasteiger partial charge >= 0.3 is 0 Å². The van der Waals surface area contributed by atoms with Crippen molar-refractivity contribution in [3.05, 3.63) is 59.4 Å². The number of amides is 2. The zero-order chi connectivity index (χ0) is 19.4. The average molecular weight is 365 g/mol. The van der Waals surface area contributed by atoms with E-state index >= 15 is 0 Å². The Morgan fingerprint density at radius 1 is 1.19 bits per heavy atom. The molecule has 0 spiro atoms. The molecule has 2 heterocycles. The first kappa shape index (κ1) is 19.1. The Morgan fingerprint density at radius 2 is 1.93 bits per heavy atom. The minimum Gasteiger partial charge on any atom is -0.337 e. The van der Waals surface area contributed by atoms with E-state index in [1.54, 1.807) is 23.2 Å². The van der Waals surface area contributed by atoms with Crippen LogP contribution >= 0.6 is 0 Å². The third kappa shape index (κ3) is 4.35. The summed E-state index contributed by atoms with van der Waals surface area (Å²) in [5.41, 5.74) is 2.79. The molecule has 0 atom stereocenters. The summed E-state index contributed by atoms with van der Waals surface area (Å²) in [5.74, 6) is 0.448. The van der Waals surface area contributed by atoms with Crippen LogP contribution in [0, 0.1) is 12.8 Å². The van der Waals surface area contributed by atoms with Crippen molar-refractivity contribution in [2.75, 3.05) is 24.5 Å². The Kier molecular flexibility index (Phi) is 5.89. The number of carbonyl (C=O) groups is 2. The molecule has 5 heteroatoms. The van der Waals surface area contributed by atoms with Crippen LogP contribution in [0.3, 0.4) is 0 Å². The predicted molar refractivity (Wildman–Crippen MR) is 107 cm³/mol. The SMILES string of the molecule is CCN(C(=O)c1ccnc(C(=O)N2CCC(C)CC2)c1)c1cccc(C)c1. The van der Waals surface area contributed by atoms with E-state index in [1.165, 1.54) is 0 Å². The first-order valence-electron chi connectivity index (χ1n) is 9.63. The molecule has 1 aliphatic heterocycles. The maximum absolute atomic E-state index is 13.1. The van der Waals surface area contributed by atoms with Gasteiger partial charge in [-0.15, -0.1) is 0 Å². The summed E-state index contributed by atoms with van der Waals surface area (Å²) in [6.45, 7) is 8.23. The number of carbonyl (C=O) groups excluding carboxylic acids is 2. The topological polar surface area (TPSA) is 53.5 Å². The molecular weight excluding hydrogens is 338 g/mol. The Labute approximate surface area is 161 Å². The Morgan fingerprint density at radius 3 is 2.59 bits per heavy atom. The van der Waals surface area contributed by atoms with Gasteiger partial charge in [-0.3, -0.25) is 14.6 Å². The van der Waals surface area contributed by atoms with Crippen LogP contribution in [0.5, 0.6) is 0 Å². The molecule has 27 heavy (non-hydrogen) atoms. The maximum Gasteiger partial charge on any atom is 0.272 e. The monoisotopic (exact) mass is 365 g/mol. The Balaban J connectivity index is 1.81. The molecule has 1 aliphatic rings. The van der Waals surface area contributed by atoms with Gasteiger partial charge in [-0.2, -0.15) is 0 Å². The lowest BCUT2D eigenvalue weighted by atomic mass is 9.99. The highest BCUT2D eigenvalue weighted by molar-refractivity contribution is 6.07. The standard InChI is InChI=1S/C22H27N3O2/c1-4-25(19-7-5-6-17(3)14-19)21(26)18-8-11-23-20(15-18)22(27)24-12-9-16(2)10-13-24/h5-8,11,14-16H,4,9-10,12-13H2,1-3H3. The molecule has 2 aromatic rings. The van der Waals surface area contributed by atoms with Gasteiger partial charge in [0.25, 0.3) is 11.8 Å². The number of nitrogens with zero attached hydrogens (tertiary/aromatic N) is 3. The van der Waals surface area contributed by atoms with Crippen molar-refractivity contribution in [2.24, 2.45) is 5.92 Å². The molecule has 142 valence electrons. The molecule has 0 aliphatic carbocycles. The molecule has 2 amide bonds. The van der Waals surface area contributed by atoms with Gasteiger partial charge in [0.2, 0.25) is 0 Å². The summed E-state index contributed by atoms with van der Waals surface area (Å²) in [7, 11) is 0. The summed E-state index contributed by atoms with van der Waals surface area (Å²) < 4.78 is 0. The molecule has 1 aromatic heterocycles. The number of likely N-dealkylation sites (tertiary alicyclic amines) is 1. The second kappa shape index (κ2) is 8.33. The van der Waals surface area contributed by atoms with Crippen LogP contribution in [0.25, 0.3) is 0 Å². The first-order chi connectivity index (χ1) is 13.0. The summed E-state index contributed by atoms with van der Waals surface area (Å²) in [5, 5.41) is 0. The van der Waals surface area contributed by atoms with Gasteiger partial charge in [0.05, 0.1) is 0 Å². The van der Waals surface area contributed by atoms with Crippen LogP contribution < -0.4 is 4.90 Å². The molecule has 0 radical (unpaired) electrons. The van der Waals surface area contributed by atoms with Gasteiger partial charge in [0.15, 0.2) is 0 Å². The summed E-state index contributed by atoms with van der Waals surface area (Å²) in [6, 6.07) is 11.2. The molecule has 0 unspecified atom stereocenters. The fourth-order valence-electron chi connectivity index (χ4n) is 3.45. The highest BCUT2D eigenvalue weighted by Gasteiger charge is 2.24. The van der Waals surface area contributed by atoms with Crippen LogP contribution in [0.4, 0.5) is 5.69 Å². The van der Waals surface area contributed by atoms with Gasteiger partial charge in [0.1, 0.15) is 5.69 Å². The molecule has 0 saturated carbocycles. The number of aryl methyl sites for hydroxylation is 1. The van der Waals surface area contributed by atoms with E-state index in [0.717, 1.165) is 37.2 Å². The summed E-state index contributed by atoms with van der Waals surface area (Å²) >= 11 is 0. The molecular formula is C22H27N3O2. The maximum atomic E-state index is 13.1. The zero-order valence-electron chi connectivity index (χ0n) is 16.3. The van der Waals surface area contributed by atoms with Gasteiger partial charge in [-0.1, -0.05) is 19.1 Å². The fourth-order valence-corrected chi connectivity index (χ4v) is 3.45. The van der Waals surface area contributed by atoms with E-state index in [2.05, 4.69) is 11.9 Å². The largest absolute Gasteiger partial charge is 0.337 e. The lowest BCUT2D eigenvalue weighted by Gasteiger charge is -2.30. The Bertz CT molecular complexity index is 826. The second-order valence-corrected chi connectivity index (χ2v) is 7.29. The summed E-state index contributed by atoms with van der Waals surface area (Å²) in [6.07, 6.45) is 3.58. The minimum atomic E-state index is -0.119. The highest BCUT2D eigenvalue weighted by atomic mass is 16.2. The highest BCUT2D eigenvalue weighted by Crippen LogP contribution is 2.20. The van der Waals surface area contributed by atoms with E-state index in [0.29, 0.717) is 23.7 Å². The number of anilines is 1. The van der Waals surface area contributed by atoms with Gasteiger partial charge in [-0.25, -0.2) is 0 Å². The zero-order valence-corrected chi connectivity index (χ0v) is 16.3. The number of rotatable bonds is 4. The smallest absolute Gasteiger partial charge is 0.272 e.